The Labute approximate surface area is 138 Å². The second-order valence-electron chi connectivity index (χ2n) is 5.87. The van der Waals surface area contributed by atoms with Crippen LogP contribution in [-0.4, -0.2) is 35.7 Å². The maximum absolute atomic E-state index is 12.4. The Morgan fingerprint density at radius 3 is 2.58 bits per heavy atom. The van der Waals surface area contributed by atoms with E-state index in [0.29, 0.717) is 11.4 Å². The van der Waals surface area contributed by atoms with Crippen molar-refractivity contribution in [2.75, 3.05) is 5.32 Å². The van der Waals surface area contributed by atoms with Crippen molar-refractivity contribution in [3.63, 3.8) is 0 Å². The van der Waals surface area contributed by atoms with Gasteiger partial charge >= 0.3 is 6.01 Å². The first-order valence-electron chi connectivity index (χ1n) is 7.57. The molecule has 0 aliphatic carbocycles. The number of hydrogen-bond acceptors (Lipinski definition) is 6. The molecule has 1 amide bonds. The lowest BCUT2D eigenvalue weighted by Gasteiger charge is -2.09. The summed E-state index contributed by atoms with van der Waals surface area (Å²) in [4.78, 5) is 12.4. The van der Waals surface area contributed by atoms with Gasteiger partial charge in [-0.15, -0.1) is 5.10 Å². The number of carbonyl (C=O) groups excluding carboxylic acids is 1. The van der Waals surface area contributed by atoms with Crippen molar-refractivity contribution in [2.45, 2.75) is 33.7 Å². The van der Waals surface area contributed by atoms with E-state index in [1.807, 2.05) is 40.8 Å². The van der Waals surface area contributed by atoms with Crippen LogP contribution < -0.4 is 5.32 Å². The van der Waals surface area contributed by atoms with Crippen LogP contribution in [0.3, 0.4) is 0 Å². The van der Waals surface area contributed by atoms with Gasteiger partial charge in [0.05, 0.1) is 5.69 Å². The molecule has 126 valence electrons. The standard InChI is InChI=1S/C15H19N7O2/c1-8(2)22-12(6-9(3)19-22)13(23)16-15-18-17-14(24-15)11-7-10(4)21(5)20-11/h6-8H,1-5H3,(H,16,18,23). The summed E-state index contributed by atoms with van der Waals surface area (Å²) in [7, 11) is 1.83. The summed E-state index contributed by atoms with van der Waals surface area (Å²) in [5, 5.41) is 19.0. The monoisotopic (exact) mass is 329 g/mol. The average Bonchev–Trinajstić information content (AvgIpc) is 3.19. The molecule has 3 rings (SSSR count). The number of rotatable bonds is 4. The van der Waals surface area contributed by atoms with Crippen LogP contribution in [0.4, 0.5) is 6.01 Å². The number of amides is 1. The Hall–Kier alpha value is -2.97. The lowest BCUT2D eigenvalue weighted by atomic mass is 10.3. The fourth-order valence-corrected chi connectivity index (χ4v) is 2.28. The highest BCUT2D eigenvalue weighted by atomic mass is 16.4. The van der Waals surface area contributed by atoms with E-state index in [0.717, 1.165) is 11.4 Å². The third-order valence-corrected chi connectivity index (χ3v) is 3.56. The van der Waals surface area contributed by atoms with Crippen LogP contribution in [0.15, 0.2) is 16.5 Å². The average molecular weight is 329 g/mol. The molecule has 0 saturated carbocycles. The molecule has 0 fully saturated rings. The van der Waals surface area contributed by atoms with E-state index in [2.05, 4.69) is 25.7 Å². The van der Waals surface area contributed by atoms with Crippen LogP contribution in [0.5, 0.6) is 0 Å². The number of carbonyl (C=O) groups is 1. The van der Waals surface area contributed by atoms with Crippen molar-refractivity contribution in [2.24, 2.45) is 7.05 Å². The molecule has 0 aliphatic rings. The zero-order valence-corrected chi connectivity index (χ0v) is 14.2. The van der Waals surface area contributed by atoms with Crippen LogP contribution in [-0.2, 0) is 7.05 Å². The summed E-state index contributed by atoms with van der Waals surface area (Å²) in [6, 6.07) is 3.63. The van der Waals surface area contributed by atoms with Crippen molar-refractivity contribution in [1.29, 1.82) is 0 Å². The Kier molecular flexibility index (Phi) is 3.92. The summed E-state index contributed by atoms with van der Waals surface area (Å²) in [6.45, 7) is 7.67. The quantitative estimate of drug-likeness (QED) is 0.786. The Balaban J connectivity index is 1.81. The number of anilines is 1. The van der Waals surface area contributed by atoms with Gasteiger partial charge in [0.15, 0.2) is 0 Å². The normalized spacial score (nSPS) is 11.2. The number of aromatic nitrogens is 6. The van der Waals surface area contributed by atoms with E-state index >= 15 is 0 Å². The van der Waals surface area contributed by atoms with Crippen LogP contribution in [0, 0.1) is 13.8 Å². The summed E-state index contributed by atoms with van der Waals surface area (Å²) in [5.74, 6) is -0.0979. The van der Waals surface area contributed by atoms with Gasteiger partial charge in [-0.1, -0.05) is 5.10 Å². The van der Waals surface area contributed by atoms with Gasteiger partial charge in [0, 0.05) is 18.8 Å². The first-order chi connectivity index (χ1) is 11.3. The number of aryl methyl sites for hydroxylation is 3. The van der Waals surface area contributed by atoms with Gasteiger partial charge in [-0.3, -0.25) is 19.5 Å². The molecule has 0 aliphatic heterocycles. The van der Waals surface area contributed by atoms with Gasteiger partial charge in [-0.2, -0.15) is 10.2 Å². The molecule has 3 aromatic rings. The van der Waals surface area contributed by atoms with Crippen molar-refractivity contribution in [1.82, 2.24) is 29.8 Å². The zero-order chi connectivity index (χ0) is 17.4. The summed E-state index contributed by atoms with van der Waals surface area (Å²) in [6.07, 6.45) is 0. The third kappa shape index (κ3) is 2.92. The van der Waals surface area contributed by atoms with Gasteiger partial charge in [0.25, 0.3) is 11.8 Å². The van der Waals surface area contributed by atoms with Crippen LogP contribution >= 0.6 is 0 Å². The molecule has 0 spiro atoms. The largest absolute Gasteiger partial charge is 0.401 e. The fourth-order valence-electron chi connectivity index (χ4n) is 2.28. The van der Waals surface area contributed by atoms with Gasteiger partial charge < -0.3 is 4.42 Å². The highest BCUT2D eigenvalue weighted by molar-refractivity contribution is 6.02. The first-order valence-corrected chi connectivity index (χ1v) is 7.57. The minimum Gasteiger partial charge on any atom is -0.401 e. The molecule has 0 unspecified atom stereocenters. The second-order valence-corrected chi connectivity index (χ2v) is 5.87. The molecule has 24 heavy (non-hydrogen) atoms. The van der Waals surface area contributed by atoms with Crippen molar-refractivity contribution in [3.05, 3.63) is 29.2 Å². The Morgan fingerprint density at radius 2 is 1.96 bits per heavy atom. The van der Waals surface area contributed by atoms with Crippen molar-refractivity contribution < 1.29 is 9.21 Å². The molecule has 0 bridgehead atoms. The van der Waals surface area contributed by atoms with E-state index in [-0.39, 0.29) is 23.9 Å². The topological polar surface area (TPSA) is 104 Å². The lowest BCUT2D eigenvalue weighted by molar-refractivity contribution is 0.101. The van der Waals surface area contributed by atoms with Crippen LogP contribution in [0.1, 0.15) is 41.8 Å². The fraction of sp³-hybridized carbons (Fsp3) is 0.400. The van der Waals surface area contributed by atoms with Crippen LogP contribution in [0.2, 0.25) is 0 Å². The molecule has 3 heterocycles. The lowest BCUT2D eigenvalue weighted by Crippen LogP contribution is -2.19. The maximum atomic E-state index is 12.4. The smallest absolute Gasteiger partial charge is 0.322 e. The molecule has 3 aromatic heterocycles. The summed E-state index contributed by atoms with van der Waals surface area (Å²) < 4.78 is 8.84. The second kappa shape index (κ2) is 5.91. The highest BCUT2D eigenvalue weighted by Gasteiger charge is 2.19. The number of nitrogens with zero attached hydrogens (tertiary/aromatic N) is 6. The Morgan fingerprint density at radius 1 is 1.21 bits per heavy atom. The molecule has 0 atom stereocenters. The zero-order valence-electron chi connectivity index (χ0n) is 14.2. The van der Waals surface area contributed by atoms with Crippen molar-refractivity contribution in [3.8, 4) is 11.6 Å². The predicted octanol–water partition coefficient (Wildman–Crippen LogP) is 2.12. The van der Waals surface area contributed by atoms with Gasteiger partial charge in [0.1, 0.15) is 11.4 Å². The number of hydrogen-bond donors (Lipinski definition) is 1. The maximum Gasteiger partial charge on any atom is 0.322 e. The van der Waals surface area contributed by atoms with E-state index in [4.69, 9.17) is 4.42 Å². The molecular weight excluding hydrogens is 310 g/mol. The third-order valence-electron chi connectivity index (χ3n) is 3.56. The SMILES string of the molecule is Cc1cc(C(=O)Nc2nnc(-c3cc(C)n(C)n3)o2)n(C(C)C)n1. The molecule has 1 N–H and O–H groups in total. The minimum absolute atomic E-state index is 0.0208. The first kappa shape index (κ1) is 15.9. The summed E-state index contributed by atoms with van der Waals surface area (Å²) in [5.41, 5.74) is 2.73. The molecule has 9 nitrogen and oxygen atoms in total. The molecular formula is C15H19N7O2. The Bertz CT molecular complexity index is 868. The van der Waals surface area contributed by atoms with E-state index in [9.17, 15) is 4.79 Å². The van der Waals surface area contributed by atoms with Gasteiger partial charge in [0.2, 0.25) is 0 Å². The van der Waals surface area contributed by atoms with Crippen LogP contribution in [0.25, 0.3) is 11.6 Å². The minimum atomic E-state index is -0.350. The number of nitrogens with one attached hydrogen (secondary N) is 1. The molecule has 0 radical (unpaired) electrons. The molecule has 9 heteroatoms. The van der Waals surface area contributed by atoms with E-state index in [1.165, 1.54) is 0 Å². The molecule has 0 saturated heterocycles. The van der Waals surface area contributed by atoms with Gasteiger partial charge in [-0.25, -0.2) is 0 Å². The molecule has 0 aromatic carbocycles. The van der Waals surface area contributed by atoms with E-state index < -0.39 is 0 Å². The van der Waals surface area contributed by atoms with Gasteiger partial charge in [-0.05, 0) is 39.8 Å². The van der Waals surface area contributed by atoms with E-state index in [1.54, 1.807) is 15.4 Å². The van der Waals surface area contributed by atoms with Crippen molar-refractivity contribution >= 4 is 11.9 Å². The predicted molar refractivity (Wildman–Crippen MR) is 86.5 cm³/mol. The summed E-state index contributed by atoms with van der Waals surface area (Å²) >= 11 is 0. The highest BCUT2D eigenvalue weighted by Crippen LogP contribution is 2.20.